The highest BCUT2D eigenvalue weighted by Crippen LogP contribution is 2.23. The molecule has 0 saturated carbocycles. The molecule has 1 unspecified atom stereocenters. The molecule has 1 aromatic carbocycles. The second-order valence-electron chi connectivity index (χ2n) is 5.38. The van der Waals surface area contributed by atoms with Gasteiger partial charge in [0.15, 0.2) is 0 Å². The number of β-amino-alcohol motifs (C(OH)–C–C–N with tert-alkyl or cyclic N) is 1. The number of hydrogen-bond acceptors (Lipinski definition) is 4. The molecule has 1 heterocycles. The Hall–Kier alpha value is -0.650. The molecule has 4 nitrogen and oxygen atoms in total. The summed E-state index contributed by atoms with van der Waals surface area (Å²) in [6.45, 7) is 9.26. The molecule has 2 rings (SSSR count). The van der Waals surface area contributed by atoms with Gasteiger partial charge in [0, 0.05) is 56.5 Å². The van der Waals surface area contributed by atoms with Crippen LogP contribution in [0.4, 0.5) is 0 Å². The van der Waals surface area contributed by atoms with Gasteiger partial charge in [-0.15, -0.1) is 0 Å². The Labute approximate surface area is 132 Å². The van der Waals surface area contributed by atoms with Crippen LogP contribution in [0.2, 0.25) is 5.02 Å². The van der Waals surface area contributed by atoms with Gasteiger partial charge in [-0.05, 0) is 13.0 Å². The lowest BCUT2D eigenvalue weighted by Gasteiger charge is -2.35. The van der Waals surface area contributed by atoms with Crippen molar-refractivity contribution in [1.29, 1.82) is 0 Å². The van der Waals surface area contributed by atoms with Crippen molar-refractivity contribution in [2.45, 2.75) is 13.0 Å². The van der Waals surface area contributed by atoms with Gasteiger partial charge in [0.05, 0.1) is 12.7 Å². The summed E-state index contributed by atoms with van der Waals surface area (Å²) in [5.41, 5.74) is 0.818. The molecule has 0 spiro atoms. The normalized spacial score (nSPS) is 18.8. The van der Waals surface area contributed by atoms with Crippen LogP contribution in [0.3, 0.4) is 0 Å². The summed E-state index contributed by atoms with van der Waals surface area (Å²) in [5.74, 6) is 0. The molecular formula is C16H25ClN2O2. The summed E-state index contributed by atoms with van der Waals surface area (Å²) in [6, 6.07) is 7.52. The maximum Gasteiger partial charge on any atom is 0.0931 e. The van der Waals surface area contributed by atoms with E-state index in [1.54, 1.807) is 0 Å². The van der Waals surface area contributed by atoms with Crippen LogP contribution in [0.15, 0.2) is 24.3 Å². The lowest BCUT2D eigenvalue weighted by Crippen LogP contribution is -2.48. The van der Waals surface area contributed by atoms with E-state index in [1.165, 1.54) is 0 Å². The Morgan fingerprint density at radius 2 is 1.86 bits per heavy atom. The fraction of sp³-hybridized carbons (Fsp3) is 0.625. The van der Waals surface area contributed by atoms with Crippen LogP contribution in [-0.4, -0.2) is 67.4 Å². The fourth-order valence-electron chi connectivity index (χ4n) is 2.62. The van der Waals surface area contributed by atoms with Crippen LogP contribution in [0.25, 0.3) is 0 Å². The zero-order chi connectivity index (χ0) is 15.1. The molecule has 1 saturated heterocycles. The molecular weight excluding hydrogens is 288 g/mol. The van der Waals surface area contributed by atoms with E-state index in [9.17, 15) is 5.11 Å². The van der Waals surface area contributed by atoms with Crippen molar-refractivity contribution in [3.8, 4) is 0 Å². The molecule has 1 fully saturated rings. The van der Waals surface area contributed by atoms with Crippen LogP contribution in [0.5, 0.6) is 0 Å². The van der Waals surface area contributed by atoms with E-state index in [2.05, 4.69) is 9.80 Å². The smallest absolute Gasteiger partial charge is 0.0931 e. The van der Waals surface area contributed by atoms with E-state index < -0.39 is 6.10 Å². The molecule has 0 aliphatic carbocycles. The van der Waals surface area contributed by atoms with Crippen LogP contribution in [0, 0.1) is 0 Å². The highest BCUT2D eigenvalue weighted by atomic mass is 35.5. The maximum atomic E-state index is 10.3. The zero-order valence-electron chi connectivity index (χ0n) is 12.7. The summed E-state index contributed by atoms with van der Waals surface area (Å²) in [4.78, 5) is 4.71. The van der Waals surface area contributed by atoms with Crippen molar-refractivity contribution < 1.29 is 9.84 Å². The minimum atomic E-state index is -0.520. The molecule has 21 heavy (non-hydrogen) atoms. The van der Waals surface area contributed by atoms with Gasteiger partial charge >= 0.3 is 0 Å². The Morgan fingerprint density at radius 1 is 1.19 bits per heavy atom. The lowest BCUT2D eigenvalue weighted by molar-refractivity contribution is 0.0550. The van der Waals surface area contributed by atoms with Crippen molar-refractivity contribution >= 4 is 11.6 Å². The number of halogens is 1. The van der Waals surface area contributed by atoms with Crippen molar-refractivity contribution in [2.75, 3.05) is 52.5 Å². The minimum absolute atomic E-state index is 0.520. The number of hydrogen-bond donors (Lipinski definition) is 1. The molecule has 1 aromatic rings. The van der Waals surface area contributed by atoms with E-state index in [-0.39, 0.29) is 0 Å². The van der Waals surface area contributed by atoms with Crippen molar-refractivity contribution in [2.24, 2.45) is 0 Å². The fourth-order valence-corrected chi connectivity index (χ4v) is 2.88. The molecule has 1 atom stereocenters. The molecule has 118 valence electrons. The number of piperazine rings is 1. The largest absolute Gasteiger partial charge is 0.387 e. The summed E-state index contributed by atoms with van der Waals surface area (Å²) in [6.07, 6.45) is -0.520. The van der Waals surface area contributed by atoms with Gasteiger partial charge in [0.25, 0.3) is 0 Å². The van der Waals surface area contributed by atoms with Gasteiger partial charge < -0.3 is 9.84 Å². The third-order valence-electron chi connectivity index (χ3n) is 3.92. The predicted molar refractivity (Wildman–Crippen MR) is 85.8 cm³/mol. The number of aliphatic hydroxyl groups is 1. The standard InChI is InChI=1S/C16H25ClN2O2/c1-2-21-12-11-18-7-9-19(10-8-18)13-16(20)14-5-3-4-6-15(14)17/h3-6,16,20H,2,7-13H2,1H3. The van der Waals surface area contributed by atoms with Crippen LogP contribution < -0.4 is 0 Å². The quantitative estimate of drug-likeness (QED) is 0.782. The summed E-state index contributed by atoms with van der Waals surface area (Å²) in [7, 11) is 0. The minimum Gasteiger partial charge on any atom is -0.387 e. The highest BCUT2D eigenvalue weighted by Gasteiger charge is 2.20. The molecule has 0 amide bonds. The first-order chi connectivity index (χ1) is 10.2. The highest BCUT2D eigenvalue weighted by molar-refractivity contribution is 6.31. The van der Waals surface area contributed by atoms with E-state index in [0.717, 1.165) is 51.5 Å². The number of ether oxygens (including phenoxy) is 1. The molecule has 0 radical (unpaired) electrons. The number of nitrogens with zero attached hydrogens (tertiary/aromatic N) is 2. The summed E-state index contributed by atoms with van der Waals surface area (Å²) in [5, 5.41) is 11.0. The summed E-state index contributed by atoms with van der Waals surface area (Å²) >= 11 is 6.13. The summed E-state index contributed by atoms with van der Waals surface area (Å²) < 4.78 is 5.39. The van der Waals surface area contributed by atoms with Gasteiger partial charge in [0.1, 0.15) is 0 Å². The monoisotopic (exact) mass is 312 g/mol. The molecule has 1 aliphatic heterocycles. The Morgan fingerprint density at radius 3 is 2.52 bits per heavy atom. The molecule has 1 aliphatic rings. The molecule has 5 heteroatoms. The van der Waals surface area contributed by atoms with E-state index in [0.29, 0.717) is 11.6 Å². The number of aliphatic hydroxyl groups excluding tert-OH is 1. The molecule has 1 N–H and O–H groups in total. The SMILES string of the molecule is CCOCCN1CCN(CC(O)c2ccccc2Cl)CC1. The van der Waals surface area contributed by atoms with Crippen LogP contribution in [-0.2, 0) is 4.74 Å². The van der Waals surface area contributed by atoms with Crippen molar-refractivity contribution in [3.63, 3.8) is 0 Å². The first-order valence-corrected chi connectivity index (χ1v) is 8.03. The van der Waals surface area contributed by atoms with E-state index in [1.807, 2.05) is 31.2 Å². The first-order valence-electron chi connectivity index (χ1n) is 7.65. The number of rotatable bonds is 7. The second kappa shape index (κ2) is 8.71. The van der Waals surface area contributed by atoms with Crippen LogP contribution >= 0.6 is 11.6 Å². The van der Waals surface area contributed by atoms with Gasteiger partial charge in [0.2, 0.25) is 0 Å². The van der Waals surface area contributed by atoms with E-state index in [4.69, 9.17) is 16.3 Å². The van der Waals surface area contributed by atoms with Crippen LogP contribution in [0.1, 0.15) is 18.6 Å². The zero-order valence-corrected chi connectivity index (χ0v) is 13.4. The second-order valence-corrected chi connectivity index (χ2v) is 5.78. The van der Waals surface area contributed by atoms with Gasteiger partial charge in [-0.3, -0.25) is 9.80 Å². The molecule has 0 aromatic heterocycles. The van der Waals surface area contributed by atoms with E-state index >= 15 is 0 Å². The van der Waals surface area contributed by atoms with Crippen molar-refractivity contribution in [3.05, 3.63) is 34.9 Å². The topological polar surface area (TPSA) is 35.9 Å². The Kier molecular flexibility index (Phi) is 6.93. The molecule has 0 bridgehead atoms. The average molecular weight is 313 g/mol. The van der Waals surface area contributed by atoms with Gasteiger partial charge in [-0.1, -0.05) is 29.8 Å². The van der Waals surface area contributed by atoms with Gasteiger partial charge in [-0.2, -0.15) is 0 Å². The third-order valence-corrected chi connectivity index (χ3v) is 4.26. The number of benzene rings is 1. The third kappa shape index (κ3) is 5.24. The Balaban J connectivity index is 1.74. The van der Waals surface area contributed by atoms with Crippen molar-refractivity contribution in [1.82, 2.24) is 9.80 Å². The maximum absolute atomic E-state index is 10.3. The average Bonchev–Trinajstić information content (AvgIpc) is 2.49. The predicted octanol–water partition coefficient (Wildman–Crippen LogP) is 2.03. The lowest BCUT2D eigenvalue weighted by atomic mass is 10.1. The van der Waals surface area contributed by atoms with Gasteiger partial charge in [-0.25, -0.2) is 0 Å². The Bertz CT molecular complexity index is 422. The first kappa shape index (κ1) is 16.7.